The van der Waals surface area contributed by atoms with Crippen LogP contribution in [0.5, 0.6) is 5.75 Å². The van der Waals surface area contributed by atoms with Crippen molar-refractivity contribution in [3.8, 4) is 17.6 Å². The largest absolute Gasteiger partial charge is 0.488 e. The first-order valence-corrected chi connectivity index (χ1v) is 7.57. The van der Waals surface area contributed by atoms with Crippen LogP contribution < -0.4 is 4.74 Å². The number of thiophene rings is 1. The Morgan fingerprint density at radius 2 is 2.20 bits per heavy atom. The summed E-state index contributed by atoms with van der Waals surface area (Å²) in [4.78, 5) is 1.10. The number of benzene rings is 1. The van der Waals surface area contributed by atoms with Gasteiger partial charge in [-0.15, -0.1) is 11.3 Å². The van der Waals surface area contributed by atoms with Crippen molar-refractivity contribution in [2.24, 2.45) is 0 Å². The lowest BCUT2D eigenvalue weighted by atomic mass is 10.1. The first-order chi connectivity index (χ1) is 9.72. The molecule has 2 rings (SSSR count). The molecule has 0 atom stereocenters. The normalized spacial score (nSPS) is 9.95. The van der Waals surface area contributed by atoms with E-state index >= 15 is 0 Å². The molecule has 0 spiro atoms. The lowest BCUT2D eigenvalue weighted by Crippen LogP contribution is -1.94. The van der Waals surface area contributed by atoms with Gasteiger partial charge in [-0.1, -0.05) is 30.4 Å². The predicted molar refractivity (Wildman–Crippen MR) is 83.4 cm³/mol. The molecule has 0 radical (unpaired) electrons. The van der Waals surface area contributed by atoms with Crippen molar-refractivity contribution in [3.05, 3.63) is 50.7 Å². The molecule has 0 amide bonds. The van der Waals surface area contributed by atoms with E-state index in [1.54, 1.807) is 11.3 Å². The van der Waals surface area contributed by atoms with Crippen LogP contribution >= 0.6 is 22.9 Å². The van der Waals surface area contributed by atoms with E-state index in [2.05, 4.69) is 18.8 Å². The van der Waals surface area contributed by atoms with Crippen LogP contribution in [0.15, 0.2) is 29.6 Å². The number of hydrogen-bond donors (Lipinski definition) is 1. The molecular formula is C16H15ClO2S. The second-order valence-electron chi connectivity index (χ2n) is 4.16. The SMILES string of the molecule is CCc1cc(OCc2cc(C#CCO)cs2)ccc1Cl. The van der Waals surface area contributed by atoms with E-state index < -0.39 is 0 Å². The van der Waals surface area contributed by atoms with Gasteiger partial charge in [-0.3, -0.25) is 0 Å². The summed E-state index contributed by atoms with van der Waals surface area (Å²) in [5, 5.41) is 11.4. The molecule has 0 saturated heterocycles. The minimum atomic E-state index is -0.119. The van der Waals surface area contributed by atoms with E-state index in [1.807, 2.05) is 29.6 Å². The standard InChI is InChI=1S/C16H15ClO2S/c1-2-13-9-14(5-6-16(13)17)19-10-15-8-12(11-20-15)4-3-7-18/h5-6,8-9,11,18H,2,7,10H2,1H3. The van der Waals surface area contributed by atoms with E-state index in [4.69, 9.17) is 21.4 Å². The average Bonchev–Trinajstić information content (AvgIpc) is 2.92. The van der Waals surface area contributed by atoms with E-state index in [1.165, 1.54) is 0 Å². The van der Waals surface area contributed by atoms with E-state index in [0.717, 1.165) is 33.2 Å². The van der Waals surface area contributed by atoms with Gasteiger partial charge in [0.25, 0.3) is 0 Å². The van der Waals surface area contributed by atoms with Gasteiger partial charge in [-0.05, 0) is 36.2 Å². The van der Waals surface area contributed by atoms with Crippen LogP contribution in [-0.4, -0.2) is 11.7 Å². The lowest BCUT2D eigenvalue weighted by molar-refractivity contribution is 0.309. The quantitative estimate of drug-likeness (QED) is 0.869. The van der Waals surface area contributed by atoms with Crippen molar-refractivity contribution in [3.63, 3.8) is 0 Å². The van der Waals surface area contributed by atoms with Gasteiger partial charge < -0.3 is 9.84 Å². The highest BCUT2D eigenvalue weighted by Crippen LogP contribution is 2.24. The maximum atomic E-state index is 8.65. The molecule has 4 heteroatoms. The molecule has 0 unspecified atom stereocenters. The van der Waals surface area contributed by atoms with Crippen molar-refractivity contribution >= 4 is 22.9 Å². The Balaban J connectivity index is 2.00. The monoisotopic (exact) mass is 306 g/mol. The van der Waals surface area contributed by atoms with Crippen molar-refractivity contribution < 1.29 is 9.84 Å². The van der Waals surface area contributed by atoms with Crippen LogP contribution in [0, 0.1) is 11.8 Å². The van der Waals surface area contributed by atoms with E-state index in [-0.39, 0.29) is 6.61 Å². The molecule has 1 aromatic heterocycles. The average molecular weight is 307 g/mol. The van der Waals surface area contributed by atoms with Gasteiger partial charge in [0.2, 0.25) is 0 Å². The Hall–Kier alpha value is -1.47. The minimum absolute atomic E-state index is 0.119. The predicted octanol–water partition coefficient (Wildman–Crippen LogP) is 3.89. The molecule has 2 aromatic rings. The molecule has 1 aromatic carbocycles. The third kappa shape index (κ3) is 4.01. The molecular weight excluding hydrogens is 292 g/mol. The Morgan fingerprint density at radius 1 is 1.35 bits per heavy atom. The van der Waals surface area contributed by atoms with Crippen LogP contribution in [0.3, 0.4) is 0 Å². The fourth-order valence-electron chi connectivity index (χ4n) is 1.73. The Kier molecular flexibility index (Phi) is 5.49. The zero-order chi connectivity index (χ0) is 14.4. The summed E-state index contributed by atoms with van der Waals surface area (Å²) in [6, 6.07) is 7.69. The number of aliphatic hydroxyl groups is 1. The highest BCUT2D eigenvalue weighted by molar-refractivity contribution is 7.10. The second kappa shape index (κ2) is 7.35. The molecule has 0 aliphatic carbocycles. The van der Waals surface area contributed by atoms with Crippen molar-refractivity contribution in [1.82, 2.24) is 0 Å². The lowest BCUT2D eigenvalue weighted by Gasteiger charge is -2.07. The number of halogens is 1. The maximum absolute atomic E-state index is 8.65. The third-order valence-corrected chi connectivity index (χ3v) is 4.02. The maximum Gasteiger partial charge on any atom is 0.122 e. The molecule has 0 bridgehead atoms. The summed E-state index contributed by atoms with van der Waals surface area (Å²) >= 11 is 7.67. The zero-order valence-electron chi connectivity index (χ0n) is 11.1. The molecule has 0 fully saturated rings. The van der Waals surface area contributed by atoms with Gasteiger partial charge in [-0.25, -0.2) is 0 Å². The van der Waals surface area contributed by atoms with Crippen molar-refractivity contribution in [1.29, 1.82) is 0 Å². The molecule has 1 heterocycles. The van der Waals surface area contributed by atoms with Gasteiger partial charge in [0.15, 0.2) is 0 Å². The Labute approximate surface area is 128 Å². The summed E-state index contributed by atoms with van der Waals surface area (Å²) in [5.41, 5.74) is 2.00. The summed E-state index contributed by atoms with van der Waals surface area (Å²) in [6.07, 6.45) is 0.885. The molecule has 0 aliphatic rings. The number of ether oxygens (including phenoxy) is 1. The van der Waals surface area contributed by atoms with Crippen molar-refractivity contribution in [2.75, 3.05) is 6.61 Å². The van der Waals surface area contributed by atoms with Crippen LogP contribution in [0.2, 0.25) is 5.02 Å². The minimum Gasteiger partial charge on any atom is -0.488 e. The van der Waals surface area contributed by atoms with Crippen molar-refractivity contribution in [2.45, 2.75) is 20.0 Å². The van der Waals surface area contributed by atoms with Crippen LogP contribution in [0.25, 0.3) is 0 Å². The molecule has 0 aliphatic heterocycles. The van der Waals surface area contributed by atoms with Gasteiger partial charge in [0.1, 0.15) is 19.0 Å². The Morgan fingerprint density at radius 3 is 2.95 bits per heavy atom. The highest BCUT2D eigenvalue weighted by atomic mass is 35.5. The summed E-state index contributed by atoms with van der Waals surface area (Å²) < 4.78 is 5.76. The first kappa shape index (κ1) is 14.9. The number of aryl methyl sites for hydroxylation is 1. The zero-order valence-corrected chi connectivity index (χ0v) is 12.7. The van der Waals surface area contributed by atoms with Gasteiger partial charge in [0, 0.05) is 20.8 Å². The highest BCUT2D eigenvalue weighted by Gasteiger charge is 2.03. The van der Waals surface area contributed by atoms with Gasteiger partial charge >= 0.3 is 0 Å². The summed E-state index contributed by atoms with van der Waals surface area (Å²) in [6.45, 7) is 2.46. The van der Waals surface area contributed by atoms with Gasteiger partial charge in [-0.2, -0.15) is 0 Å². The summed E-state index contributed by atoms with van der Waals surface area (Å²) in [7, 11) is 0. The van der Waals surface area contributed by atoms with Crippen LogP contribution in [0.4, 0.5) is 0 Å². The second-order valence-corrected chi connectivity index (χ2v) is 5.56. The van der Waals surface area contributed by atoms with Gasteiger partial charge in [0.05, 0.1) is 0 Å². The molecule has 1 N–H and O–H groups in total. The topological polar surface area (TPSA) is 29.5 Å². The van der Waals surface area contributed by atoms with E-state index in [0.29, 0.717) is 6.61 Å². The van der Waals surface area contributed by atoms with Crippen LogP contribution in [0.1, 0.15) is 22.9 Å². The smallest absolute Gasteiger partial charge is 0.122 e. The first-order valence-electron chi connectivity index (χ1n) is 6.31. The molecule has 20 heavy (non-hydrogen) atoms. The fraction of sp³-hybridized carbons (Fsp3) is 0.250. The number of hydrogen-bond acceptors (Lipinski definition) is 3. The number of aliphatic hydroxyl groups excluding tert-OH is 1. The van der Waals surface area contributed by atoms with E-state index in [9.17, 15) is 0 Å². The molecule has 104 valence electrons. The fourth-order valence-corrected chi connectivity index (χ4v) is 2.71. The number of rotatable bonds is 4. The Bertz CT molecular complexity index is 637. The molecule has 2 nitrogen and oxygen atoms in total. The summed E-state index contributed by atoms with van der Waals surface area (Å²) in [5.74, 6) is 6.33. The van der Waals surface area contributed by atoms with Crippen LogP contribution in [-0.2, 0) is 13.0 Å². The molecule has 0 saturated carbocycles. The third-order valence-electron chi connectivity index (χ3n) is 2.74.